The van der Waals surface area contributed by atoms with Crippen LogP contribution in [0, 0.1) is 5.92 Å². The van der Waals surface area contributed by atoms with Gasteiger partial charge in [-0.1, -0.05) is 0 Å². The molecule has 0 saturated carbocycles. The molecule has 19 heavy (non-hydrogen) atoms. The molecule has 7 nitrogen and oxygen atoms in total. The highest BCUT2D eigenvalue weighted by atomic mass is 32.2. The third-order valence-electron chi connectivity index (χ3n) is 3.68. The monoisotopic (exact) mass is 289 g/mol. The zero-order valence-electron chi connectivity index (χ0n) is 10.7. The van der Waals surface area contributed by atoms with Crippen molar-refractivity contribution in [2.75, 3.05) is 24.6 Å². The summed E-state index contributed by atoms with van der Waals surface area (Å²) < 4.78 is 22.6. The second-order valence-electron chi connectivity index (χ2n) is 5.23. The molecule has 3 N–H and O–H groups in total. The summed E-state index contributed by atoms with van der Waals surface area (Å²) in [5.41, 5.74) is 5.20. The average Bonchev–Trinajstić information content (AvgIpc) is 2.68. The van der Waals surface area contributed by atoms with Crippen LogP contribution in [0.25, 0.3) is 0 Å². The first-order chi connectivity index (χ1) is 8.87. The summed E-state index contributed by atoms with van der Waals surface area (Å²) in [5.74, 6) is -0.307. The summed E-state index contributed by atoms with van der Waals surface area (Å²) in [6.07, 6.45) is 1.92. The fourth-order valence-electron chi connectivity index (χ4n) is 2.62. The fourth-order valence-corrected chi connectivity index (χ4v) is 4.29. The van der Waals surface area contributed by atoms with E-state index in [9.17, 15) is 18.0 Å². The summed E-state index contributed by atoms with van der Waals surface area (Å²) in [6.45, 7) is 0.900. The normalized spacial score (nSPS) is 30.0. The number of primary amides is 1. The van der Waals surface area contributed by atoms with Crippen molar-refractivity contribution in [1.82, 2.24) is 10.2 Å². The molecule has 2 aliphatic rings. The number of nitrogens with two attached hydrogens (primary N) is 1. The SMILES string of the molecule is NC(=O)N1CCCC(C(=O)NC2CCS(=O)(=O)C2)C1. The van der Waals surface area contributed by atoms with Crippen molar-refractivity contribution >= 4 is 21.8 Å². The molecule has 0 radical (unpaired) electrons. The minimum Gasteiger partial charge on any atom is -0.352 e. The minimum atomic E-state index is -3.00. The molecule has 3 amide bonds. The van der Waals surface area contributed by atoms with Gasteiger partial charge in [0.05, 0.1) is 17.4 Å². The van der Waals surface area contributed by atoms with Crippen LogP contribution in [-0.2, 0) is 14.6 Å². The van der Waals surface area contributed by atoms with Gasteiger partial charge in [0.1, 0.15) is 0 Å². The van der Waals surface area contributed by atoms with Gasteiger partial charge in [-0.2, -0.15) is 0 Å². The van der Waals surface area contributed by atoms with E-state index in [4.69, 9.17) is 5.73 Å². The molecule has 0 spiro atoms. The zero-order valence-corrected chi connectivity index (χ0v) is 11.5. The van der Waals surface area contributed by atoms with Gasteiger partial charge in [-0.15, -0.1) is 0 Å². The molecule has 2 aliphatic heterocycles. The Hall–Kier alpha value is -1.31. The van der Waals surface area contributed by atoms with Crippen molar-refractivity contribution < 1.29 is 18.0 Å². The van der Waals surface area contributed by atoms with Gasteiger partial charge in [0.25, 0.3) is 0 Å². The summed E-state index contributed by atoms with van der Waals surface area (Å²) in [7, 11) is -3.00. The minimum absolute atomic E-state index is 0.0188. The van der Waals surface area contributed by atoms with Crippen LogP contribution in [0.3, 0.4) is 0 Å². The molecule has 2 saturated heterocycles. The Morgan fingerprint density at radius 2 is 2.00 bits per heavy atom. The number of nitrogens with one attached hydrogen (secondary N) is 1. The van der Waals surface area contributed by atoms with E-state index in [-0.39, 0.29) is 29.4 Å². The van der Waals surface area contributed by atoms with Crippen LogP contribution >= 0.6 is 0 Å². The van der Waals surface area contributed by atoms with Crippen LogP contribution < -0.4 is 11.1 Å². The molecule has 2 unspecified atom stereocenters. The maximum absolute atomic E-state index is 12.0. The molecule has 0 bridgehead atoms. The third kappa shape index (κ3) is 3.59. The Morgan fingerprint density at radius 3 is 2.58 bits per heavy atom. The quantitative estimate of drug-likeness (QED) is 0.685. The topological polar surface area (TPSA) is 110 Å². The highest BCUT2D eigenvalue weighted by Gasteiger charge is 2.32. The van der Waals surface area contributed by atoms with E-state index in [0.717, 1.165) is 6.42 Å². The highest BCUT2D eigenvalue weighted by molar-refractivity contribution is 7.91. The largest absolute Gasteiger partial charge is 0.352 e. The maximum Gasteiger partial charge on any atom is 0.314 e. The number of amides is 3. The lowest BCUT2D eigenvalue weighted by molar-refractivity contribution is -0.126. The molecule has 0 aliphatic carbocycles. The maximum atomic E-state index is 12.0. The van der Waals surface area contributed by atoms with Gasteiger partial charge in [-0.05, 0) is 19.3 Å². The zero-order chi connectivity index (χ0) is 14.0. The number of urea groups is 1. The molecule has 2 fully saturated rings. The number of nitrogens with zero attached hydrogens (tertiary/aromatic N) is 1. The molecule has 0 aromatic carbocycles. The van der Waals surface area contributed by atoms with Gasteiger partial charge in [0.15, 0.2) is 9.84 Å². The smallest absolute Gasteiger partial charge is 0.314 e. The number of rotatable bonds is 2. The van der Waals surface area contributed by atoms with Gasteiger partial charge in [0.2, 0.25) is 5.91 Å². The first-order valence-electron chi connectivity index (χ1n) is 6.42. The Morgan fingerprint density at radius 1 is 1.26 bits per heavy atom. The molecular formula is C11H19N3O4S. The van der Waals surface area contributed by atoms with E-state index in [0.29, 0.717) is 25.9 Å². The predicted molar refractivity (Wildman–Crippen MR) is 69.1 cm³/mol. The van der Waals surface area contributed by atoms with Crippen molar-refractivity contribution in [3.8, 4) is 0 Å². The molecule has 8 heteroatoms. The van der Waals surface area contributed by atoms with Gasteiger partial charge in [-0.3, -0.25) is 4.79 Å². The summed E-state index contributed by atoms with van der Waals surface area (Å²) in [6, 6.07) is -0.803. The van der Waals surface area contributed by atoms with Crippen LogP contribution in [0.5, 0.6) is 0 Å². The number of carbonyl (C=O) groups excluding carboxylic acids is 2. The van der Waals surface area contributed by atoms with Crippen molar-refractivity contribution in [2.45, 2.75) is 25.3 Å². The second kappa shape index (κ2) is 5.36. The number of piperidine rings is 1. The first-order valence-corrected chi connectivity index (χ1v) is 8.25. The Bertz CT molecular complexity index is 476. The molecule has 2 atom stereocenters. The summed E-state index contributed by atoms with van der Waals surface area (Å²) >= 11 is 0. The van der Waals surface area contributed by atoms with E-state index >= 15 is 0 Å². The lowest BCUT2D eigenvalue weighted by Crippen LogP contribution is -2.49. The van der Waals surface area contributed by atoms with Gasteiger partial charge >= 0.3 is 6.03 Å². The molecule has 0 aromatic heterocycles. The third-order valence-corrected chi connectivity index (χ3v) is 5.45. The van der Waals surface area contributed by atoms with Crippen LogP contribution in [0.15, 0.2) is 0 Å². The van der Waals surface area contributed by atoms with E-state index in [1.807, 2.05) is 0 Å². The summed E-state index contributed by atoms with van der Waals surface area (Å²) in [5, 5.41) is 2.77. The van der Waals surface area contributed by atoms with Crippen LogP contribution in [0.1, 0.15) is 19.3 Å². The van der Waals surface area contributed by atoms with E-state index < -0.39 is 15.9 Å². The van der Waals surface area contributed by atoms with Crippen molar-refractivity contribution in [3.05, 3.63) is 0 Å². The van der Waals surface area contributed by atoms with E-state index in [1.165, 1.54) is 4.90 Å². The number of hydrogen-bond donors (Lipinski definition) is 2. The van der Waals surface area contributed by atoms with E-state index in [2.05, 4.69) is 5.32 Å². The highest BCUT2D eigenvalue weighted by Crippen LogP contribution is 2.18. The average molecular weight is 289 g/mol. The summed E-state index contributed by atoms with van der Waals surface area (Å²) in [4.78, 5) is 24.6. The first kappa shape index (κ1) is 14.1. The molecular weight excluding hydrogens is 270 g/mol. The van der Waals surface area contributed by atoms with Gasteiger partial charge in [-0.25, -0.2) is 13.2 Å². The van der Waals surface area contributed by atoms with E-state index in [1.54, 1.807) is 0 Å². The van der Waals surface area contributed by atoms with Gasteiger partial charge < -0.3 is 16.0 Å². The molecule has 0 aromatic rings. The molecule has 2 rings (SSSR count). The number of likely N-dealkylation sites (tertiary alicyclic amines) is 1. The lowest BCUT2D eigenvalue weighted by atomic mass is 9.97. The van der Waals surface area contributed by atoms with Crippen molar-refractivity contribution in [2.24, 2.45) is 11.7 Å². The number of hydrogen-bond acceptors (Lipinski definition) is 4. The van der Waals surface area contributed by atoms with Gasteiger partial charge in [0, 0.05) is 19.1 Å². The predicted octanol–water partition coefficient (Wildman–Crippen LogP) is -0.920. The lowest BCUT2D eigenvalue weighted by Gasteiger charge is -2.31. The Balaban J connectivity index is 1.88. The van der Waals surface area contributed by atoms with Crippen LogP contribution in [0.2, 0.25) is 0 Å². The molecule has 2 heterocycles. The molecule has 108 valence electrons. The standard InChI is InChI=1S/C11H19N3O4S/c12-11(16)14-4-1-2-8(6-14)10(15)13-9-3-5-19(17,18)7-9/h8-9H,1-7H2,(H2,12,16)(H,13,15). The van der Waals surface area contributed by atoms with Crippen molar-refractivity contribution in [1.29, 1.82) is 0 Å². The second-order valence-corrected chi connectivity index (χ2v) is 7.46. The number of carbonyl (C=O) groups is 2. The van der Waals surface area contributed by atoms with Crippen LogP contribution in [0.4, 0.5) is 4.79 Å². The Kier molecular flexibility index (Phi) is 3.98. The van der Waals surface area contributed by atoms with Crippen LogP contribution in [-0.4, -0.2) is 55.9 Å². The fraction of sp³-hybridized carbons (Fsp3) is 0.818. The van der Waals surface area contributed by atoms with Crippen molar-refractivity contribution in [3.63, 3.8) is 0 Å². The Labute approximate surface area is 112 Å². The number of sulfone groups is 1.